The molecule has 0 aromatic carbocycles. The van der Waals surface area contributed by atoms with Crippen molar-refractivity contribution in [3.05, 3.63) is 11.6 Å². The first-order valence-electron chi connectivity index (χ1n) is 5.23. The summed E-state index contributed by atoms with van der Waals surface area (Å²) in [5.74, 6) is -0.103. The van der Waals surface area contributed by atoms with Gasteiger partial charge >= 0.3 is 6.09 Å². The second-order valence-corrected chi connectivity index (χ2v) is 5.02. The van der Waals surface area contributed by atoms with E-state index in [1.54, 1.807) is 27.8 Å². The molecule has 0 rings (SSSR count). The van der Waals surface area contributed by atoms with Crippen molar-refractivity contribution in [3.63, 3.8) is 0 Å². The molecule has 0 N–H and O–H groups in total. The molecule has 0 atom stereocenters. The fourth-order valence-corrected chi connectivity index (χ4v) is 1.01. The third kappa shape index (κ3) is 7.04. The van der Waals surface area contributed by atoms with Gasteiger partial charge < -0.3 is 9.64 Å². The lowest BCUT2D eigenvalue weighted by molar-refractivity contribution is -0.115. The predicted octanol–water partition coefficient (Wildman–Crippen LogP) is 2.39. The van der Waals surface area contributed by atoms with E-state index in [2.05, 4.69) is 0 Å². The van der Waals surface area contributed by atoms with Crippen molar-refractivity contribution < 1.29 is 14.3 Å². The van der Waals surface area contributed by atoms with Gasteiger partial charge in [0.25, 0.3) is 0 Å². The summed E-state index contributed by atoms with van der Waals surface area (Å²) in [7, 11) is 1.55. The Bertz CT molecular complexity index is 296. The molecule has 0 aliphatic heterocycles. The maximum atomic E-state index is 11.5. The van der Waals surface area contributed by atoms with Crippen LogP contribution in [0.5, 0.6) is 0 Å². The molecule has 16 heavy (non-hydrogen) atoms. The van der Waals surface area contributed by atoms with Gasteiger partial charge in [0.2, 0.25) is 0 Å². The summed E-state index contributed by atoms with van der Waals surface area (Å²) in [5.41, 5.74) is 0.382. The molecule has 0 radical (unpaired) electrons. The molecule has 0 heterocycles. The fourth-order valence-electron chi connectivity index (χ4n) is 1.01. The summed E-state index contributed by atoms with van der Waals surface area (Å²) in [6.07, 6.45) is 1.03. The minimum Gasteiger partial charge on any atom is -0.444 e. The number of nitrogens with zero attached hydrogens (tertiary/aromatic N) is 1. The smallest absolute Gasteiger partial charge is 0.410 e. The van der Waals surface area contributed by atoms with Crippen molar-refractivity contribution in [2.24, 2.45) is 0 Å². The van der Waals surface area contributed by atoms with Crippen LogP contribution < -0.4 is 0 Å². The summed E-state index contributed by atoms with van der Waals surface area (Å²) in [6.45, 7) is 9.08. The van der Waals surface area contributed by atoms with Crippen LogP contribution in [0.2, 0.25) is 0 Å². The number of hydrogen-bond donors (Lipinski definition) is 0. The average Bonchev–Trinajstić information content (AvgIpc) is 1.98. The predicted molar refractivity (Wildman–Crippen MR) is 63.3 cm³/mol. The summed E-state index contributed by atoms with van der Waals surface area (Å²) in [4.78, 5) is 24.2. The van der Waals surface area contributed by atoms with Crippen molar-refractivity contribution in [2.45, 2.75) is 40.2 Å². The van der Waals surface area contributed by atoms with Crippen LogP contribution in [-0.4, -0.2) is 36.0 Å². The molecule has 0 saturated carbocycles. The maximum Gasteiger partial charge on any atom is 0.410 e. The zero-order chi connectivity index (χ0) is 12.9. The molecule has 1 amide bonds. The third-order valence-corrected chi connectivity index (χ3v) is 1.55. The number of carbonyl (C=O) groups excluding carboxylic acids is 2. The monoisotopic (exact) mass is 227 g/mol. The van der Waals surface area contributed by atoms with Crippen LogP contribution in [0.1, 0.15) is 34.6 Å². The SMILES string of the molecule is CC(C)=CC(=O)CN(C)C(=O)OC(C)(C)C. The van der Waals surface area contributed by atoms with Crippen LogP contribution in [0.4, 0.5) is 4.79 Å². The van der Waals surface area contributed by atoms with Crippen molar-refractivity contribution in [1.29, 1.82) is 0 Å². The fraction of sp³-hybridized carbons (Fsp3) is 0.667. The first-order valence-corrected chi connectivity index (χ1v) is 5.23. The van der Waals surface area contributed by atoms with Gasteiger partial charge in [-0.3, -0.25) is 4.79 Å². The summed E-state index contributed by atoms with van der Waals surface area (Å²) in [5, 5.41) is 0. The first kappa shape index (κ1) is 14.7. The molecule has 0 aromatic rings. The molecule has 0 aliphatic carbocycles. The van der Waals surface area contributed by atoms with Gasteiger partial charge in [-0.2, -0.15) is 0 Å². The van der Waals surface area contributed by atoms with E-state index in [0.29, 0.717) is 0 Å². The van der Waals surface area contributed by atoms with Crippen LogP contribution in [0.3, 0.4) is 0 Å². The Labute approximate surface area is 97.3 Å². The first-order chi connectivity index (χ1) is 7.11. The number of allylic oxidation sites excluding steroid dienone is 1. The molecule has 4 heteroatoms. The highest BCUT2D eigenvalue weighted by Crippen LogP contribution is 2.08. The molecule has 0 bridgehead atoms. The Morgan fingerprint density at radius 3 is 2.12 bits per heavy atom. The highest BCUT2D eigenvalue weighted by Gasteiger charge is 2.20. The Hall–Kier alpha value is -1.32. The molecule has 0 aliphatic rings. The number of ketones is 1. The standard InChI is InChI=1S/C12H21NO3/c1-9(2)7-10(14)8-13(6)11(15)16-12(3,4)5/h7H,8H2,1-6H3. The molecule has 0 aromatic heterocycles. The van der Waals surface area contributed by atoms with Gasteiger partial charge in [0.1, 0.15) is 5.60 Å². The van der Waals surface area contributed by atoms with E-state index in [0.717, 1.165) is 5.57 Å². The molecular weight excluding hydrogens is 206 g/mol. The van der Waals surface area contributed by atoms with Crippen LogP contribution >= 0.6 is 0 Å². The van der Waals surface area contributed by atoms with Gasteiger partial charge in [0.05, 0.1) is 6.54 Å². The van der Waals surface area contributed by atoms with Crippen LogP contribution in [-0.2, 0) is 9.53 Å². The number of likely N-dealkylation sites (N-methyl/N-ethyl adjacent to an activating group) is 1. The lowest BCUT2D eigenvalue weighted by Gasteiger charge is -2.23. The number of rotatable bonds is 3. The Balaban J connectivity index is 4.27. The second kappa shape index (κ2) is 5.68. The molecule has 0 fully saturated rings. The van der Waals surface area contributed by atoms with Gasteiger partial charge in [0, 0.05) is 7.05 Å². The quantitative estimate of drug-likeness (QED) is 0.695. The second-order valence-electron chi connectivity index (χ2n) is 5.02. The minimum absolute atomic E-state index is 0.0418. The Morgan fingerprint density at radius 1 is 1.25 bits per heavy atom. The van der Waals surface area contributed by atoms with Gasteiger partial charge in [-0.1, -0.05) is 5.57 Å². The minimum atomic E-state index is -0.537. The molecule has 0 unspecified atom stereocenters. The summed E-state index contributed by atoms with van der Waals surface area (Å²) in [6, 6.07) is 0. The van der Waals surface area contributed by atoms with E-state index >= 15 is 0 Å². The van der Waals surface area contributed by atoms with E-state index in [4.69, 9.17) is 4.74 Å². The Morgan fingerprint density at radius 2 is 1.75 bits per heavy atom. The average molecular weight is 227 g/mol. The third-order valence-electron chi connectivity index (χ3n) is 1.55. The zero-order valence-corrected chi connectivity index (χ0v) is 11.0. The van der Waals surface area contributed by atoms with E-state index in [1.165, 1.54) is 11.0 Å². The number of ether oxygens (including phenoxy) is 1. The van der Waals surface area contributed by atoms with E-state index in [1.807, 2.05) is 13.8 Å². The largest absolute Gasteiger partial charge is 0.444 e. The van der Waals surface area contributed by atoms with Gasteiger partial charge in [-0.15, -0.1) is 0 Å². The van der Waals surface area contributed by atoms with Gasteiger partial charge in [0.15, 0.2) is 5.78 Å². The van der Waals surface area contributed by atoms with Gasteiger partial charge in [-0.25, -0.2) is 4.79 Å². The van der Waals surface area contributed by atoms with Crippen LogP contribution in [0, 0.1) is 0 Å². The normalized spacial score (nSPS) is 10.6. The van der Waals surface area contributed by atoms with Crippen molar-refractivity contribution in [1.82, 2.24) is 4.90 Å². The Kier molecular flexibility index (Phi) is 5.21. The lowest BCUT2D eigenvalue weighted by atomic mass is 10.2. The molecule has 0 spiro atoms. The van der Waals surface area contributed by atoms with E-state index in [9.17, 15) is 9.59 Å². The number of hydrogen-bond acceptors (Lipinski definition) is 3. The number of carbonyl (C=O) groups is 2. The van der Waals surface area contributed by atoms with Crippen molar-refractivity contribution >= 4 is 11.9 Å². The number of amides is 1. The van der Waals surface area contributed by atoms with E-state index in [-0.39, 0.29) is 12.3 Å². The van der Waals surface area contributed by atoms with Crippen molar-refractivity contribution in [2.75, 3.05) is 13.6 Å². The van der Waals surface area contributed by atoms with E-state index < -0.39 is 11.7 Å². The van der Waals surface area contributed by atoms with Crippen LogP contribution in [0.25, 0.3) is 0 Å². The van der Waals surface area contributed by atoms with Gasteiger partial charge in [-0.05, 0) is 40.7 Å². The van der Waals surface area contributed by atoms with Crippen LogP contribution in [0.15, 0.2) is 11.6 Å². The molecule has 4 nitrogen and oxygen atoms in total. The lowest BCUT2D eigenvalue weighted by Crippen LogP contribution is -2.36. The highest BCUT2D eigenvalue weighted by molar-refractivity contribution is 5.93. The highest BCUT2D eigenvalue weighted by atomic mass is 16.6. The molecule has 0 saturated heterocycles. The zero-order valence-electron chi connectivity index (χ0n) is 11.0. The summed E-state index contributed by atoms with van der Waals surface area (Å²) >= 11 is 0. The van der Waals surface area contributed by atoms with Crippen molar-refractivity contribution in [3.8, 4) is 0 Å². The molecule has 92 valence electrons. The topological polar surface area (TPSA) is 46.6 Å². The summed E-state index contributed by atoms with van der Waals surface area (Å²) < 4.78 is 5.12. The maximum absolute atomic E-state index is 11.5. The molecular formula is C12H21NO3.